The molecule has 0 radical (unpaired) electrons. The fraction of sp³-hybridized carbons (Fsp3) is 0.242. The number of benzene rings is 3. The fourth-order valence-electron chi connectivity index (χ4n) is 4.46. The number of rotatable bonds is 11. The van der Waals surface area contributed by atoms with E-state index in [1.54, 1.807) is 6.07 Å². The van der Waals surface area contributed by atoms with E-state index < -0.39 is 23.9 Å². The van der Waals surface area contributed by atoms with Crippen LogP contribution < -0.4 is 16.2 Å². The van der Waals surface area contributed by atoms with Gasteiger partial charge in [-0.1, -0.05) is 105 Å². The van der Waals surface area contributed by atoms with Crippen LogP contribution in [0.4, 0.5) is 4.79 Å². The number of hydrogen-bond acceptors (Lipinski definition) is 5. The van der Waals surface area contributed by atoms with E-state index in [1.807, 2.05) is 86.6 Å². The third-order valence-corrected chi connectivity index (χ3v) is 7.70. The van der Waals surface area contributed by atoms with Crippen LogP contribution in [0.25, 0.3) is 0 Å². The quantitative estimate of drug-likeness (QED) is 0.187. The van der Waals surface area contributed by atoms with Crippen LogP contribution in [0, 0.1) is 5.92 Å². The van der Waals surface area contributed by atoms with Crippen molar-refractivity contribution in [2.75, 3.05) is 0 Å². The Hall–Kier alpha value is -4.43. The van der Waals surface area contributed by atoms with Gasteiger partial charge in [-0.15, -0.1) is 11.3 Å². The molecule has 1 unspecified atom stereocenters. The molecule has 4 rings (SSSR count). The van der Waals surface area contributed by atoms with Crippen molar-refractivity contribution in [1.29, 1.82) is 0 Å². The third kappa shape index (κ3) is 9.05. The highest BCUT2D eigenvalue weighted by Gasteiger charge is 2.24. The molecule has 0 aliphatic carbocycles. The number of carbonyl (C=O) groups excluding carboxylic acids is 3. The number of thiophene rings is 1. The Balaban J connectivity index is 1.37. The van der Waals surface area contributed by atoms with Gasteiger partial charge in [-0.25, -0.2) is 4.79 Å². The molecule has 41 heavy (non-hydrogen) atoms. The number of carbonyl (C=O) groups is 3. The second kappa shape index (κ2) is 14.8. The molecule has 0 aliphatic heterocycles. The van der Waals surface area contributed by atoms with E-state index in [0.717, 1.165) is 16.9 Å². The molecule has 3 amide bonds. The van der Waals surface area contributed by atoms with Crippen molar-refractivity contribution in [3.63, 3.8) is 0 Å². The van der Waals surface area contributed by atoms with E-state index in [2.05, 4.69) is 40.4 Å². The highest BCUT2D eigenvalue weighted by Crippen LogP contribution is 2.33. The molecule has 0 bridgehead atoms. The van der Waals surface area contributed by atoms with Gasteiger partial charge in [0.1, 0.15) is 12.6 Å². The van der Waals surface area contributed by atoms with Gasteiger partial charge < -0.3 is 10.1 Å². The zero-order chi connectivity index (χ0) is 29.0. The summed E-state index contributed by atoms with van der Waals surface area (Å²) in [6, 6.07) is 32.6. The van der Waals surface area contributed by atoms with E-state index in [1.165, 1.54) is 22.5 Å². The van der Waals surface area contributed by atoms with Gasteiger partial charge in [0.2, 0.25) is 0 Å². The maximum atomic E-state index is 13.0. The molecule has 7 nitrogen and oxygen atoms in total. The second-order valence-corrected chi connectivity index (χ2v) is 11.3. The number of hydrazine groups is 1. The standard InChI is InChI=1S/C33H35N3O4S/c1-23(2)20-28(34-33(39)40-22-25-14-8-4-9-15-25)31(37)35-36-32(38)30-19-18-29(41-30)27(26-16-10-5-11-17-26)21-24-12-6-3-7-13-24/h3-19,23,27-28H,20-22H2,1-2H3,(H,34,39)(H,35,37)(H,36,38)/t27?,28-/m0/s1. The Labute approximate surface area is 244 Å². The fourth-order valence-corrected chi connectivity index (χ4v) is 5.49. The zero-order valence-corrected chi connectivity index (χ0v) is 24.0. The van der Waals surface area contributed by atoms with Gasteiger partial charge in [0.15, 0.2) is 0 Å². The van der Waals surface area contributed by atoms with Crippen LogP contribution in [0.3, 0.4) is 0 Å². The molecule has 4 aromatic rings. The lowest BCUT2D eigenvalue weighted by molar-refractivity contribution is -0.124. The van der Waals surface area contributed by atoms with Crippen LogP contribution in [0.2, 0.25) is 0 Å². The third-order valence-electron chi connectivity index (χ3n) is 6.51. The molecule has 0 aliphatic rings. The number of ether oxygens (including phenoxy) is 1. The molecule has 1 heterocycles. The predicted octanol–water partition coefficient (Wildman–Crippen LogP) is 6.22. The van der Waals surface area contributed by atoms with Crippen LogP contribution in [0.15, 0.2) is 103 Å². The number of hydrogen-bond donors (Lipinski definition) is 3. The lowest BCUT2D eigenvalue weighted by atomic mass is 9.91. The lowest BCUT2D eigenvalue weighted by Crippen LogP contribution is -2.52. The molecule has 1 aromatic heterocycles. The van der Waals surface area contributed by atoms with Crippen LogP contribution in [0.1, 0.15) is 57.4 Å². The van der Waals surface area contributed by atoms with E-state index in [9.17, 15) is 14.4 Å². The van der Waals surface area contributed by atoms with Crippen LogP contribution >= 0.6 is 11.3 Å². The summed E-state index contributed by atoms with van der Waals surface area (Å²) >= 11 is 1.40. The predicted molar refractivity (Wildman–Crippen MR) is 161 cm³/mol. The van der Waals surface area contributed by atoms with Gasteiger partial charge in [0.25, 0.3) is 11.8 Å². The van der Waals surface area contributed by atoms with Crippen LogP contribution in [0.5, 0.6) is 0 Å². The summed E-state index contributed by atoms with van der Waals surface area (Å²) in [4.78, 5) is 39.8. The minimum Gasteiger partial charge on any atom is -0.445 e. The number of nitrogens with one attached hydrogen (secondary N) is 3. The Morgan fingerprint density at radius 1 is 0.756 bits per heavy atom. The van der Waals surface area contributed by atoms with Gasteiger partial charge in [-0.3, -0.25) is 20.4 Å². The summed E-state index contributed by atoms with van der Waals surface area (Å²) in [5.74, 6) is -0.737. The first-order valence-electron chi connectivity index (χ1n) is 13.6. The van der Waals surface area contributed by atoms with Crippen molar-refractivity contribution in [2.45, 2.75) is 45.3 Å². The molecule has 0 saturated heterocycles. The molecule has 0 saturated carbocycles. The molecule has 3 aromatic carbocycles. The smallest absolute Gasteiger partial charge is 0.408 e. The topological polar surface area (TPSA) is 96.5 Å². The van der Waals surface area contributed by atoms with E-state index in [4.69, 9.17) is 4.74 Å². The van der Waals surface area contributed by atoms with Crippen molar-refractivity contribution < 1.29 is 19.1 Å². The van der Waals surface area contributed by atoms with Crippen molar-refractivity contribution in [3.05, 3.63) is 130 Å². The second-order valence-electron chi connectivity index (χ2n) is 10.2. The average molecular weight is 570 g/mol. The largest absolute Gasteiger partial charge is 0.445 e. The molecule has 8 heteroatoms. The Morgan fingerprint density at radius 3 is 2.00 bits per heavy atom. The summed E-state index contributed by atoms with van der Waals surface area (Å²) < 4.78 is 5.27. The monoisotopic (exact) mass is 569 g/mol. The van der Waals surface area contributed by atoms with Crippen molar-refractivity contribution in [2.24, 2.45) is 5.92 Å². The number of amides is 3. The molecule has 0 spiro atoms. The summed E-state index contributed by atoms with van der Waals surface area (Å²) in [5.41, 5.74) is 8.19. The van der Waals surface area contributed by atoms with Gasteiger partial charge in [0.05, 0.1) is 4.88 Å². The maximum absolute atomic E-state index is 13.0. The molecule has 3 N–H and O–H groups in total. The van der Waals surface area contributed by atoms with Gasteiger partial charge in [-0.05, 0) is 47.6 Å². The summed E-state index contributed by atoms with van der Waals surface area (Å²) in [6.45, 7) is 3.98. The summed E-state index contributed by atoms with van der Waals surface area (Å²) in [5, 5.41) is 2.62. The van der Waals surface area contributed by atoms with E-state index in [0.29, 0.717) is 11.3 Å². The Kier molecular flexibility index (Phi) is 10.7. The number of alkyl carbamates (subject to hydrolysis) is 1. The first kappa shape index (κ1) is 29.6. The van der Waals surface area contributed by atoms with Gasteiger partial charge >= 0.3 is 6.09 Å². The van der Waals surface area contributed by atoms with Crippen LogP contribution in [-0.2, 0) is 22.6 Å². The maximum Gasteiger partial charge on any atom is 0.408 e. The van der Waals surface area contributed by atoms with Crippen LogP contribution in [-0.4, -0.2) is 23.9 Å². The van der Waals surface area contributed by atoms with Crippen molar-refractivity contribution >= 4 is 29.2 Å². The molecule has 212 valence electrons. The summed E-state index contributed by atoms with van der Waals surface area (Å²) in [7, 11) is 0. The highest BCUT2D eigenvalue weighted by molar-refractivity contribution is 7.14. The average Bonchev–Trinajstić information content (AvgIpc) is 3.48. The zero-order valence-electron chi connectivity index (χ0n) is 23.2. The van der Waals surface area contributed by atoms with E-state index >= 15 is 0 Å². The molecular formula is C33H35N3O4S. The molecule has 0 fully saturated rings. The lowest BCUT2D eigenvalue weighted by Gasteiger charge is -2.20. The molecule has 2 atom stereocenters. The normalized spacial score (nSPS) is 12.3. The van der Waals surface area contributed by atoms with Gasteiger partial charge in [-0.2, -0.15) is 0 Å². The Morgan fingerprint density at radius 2 is 1.37 bits per heavy atom. The first-order chi connectivity index (χ1) is 19.9. The molecular weight excluding hydrogens is 534 g/mol. The minimum atomic E-state index is -0.870. The van der Waals surface area contributed by atoms with Crippen molar-refractivity contribution in [3.8, 4) is 0 Å². The van der Waals surface area contributed by atoms with E-state index in [-0.39, 0.29) is 18.4 Å². The minimum absolute atomic E-state index is 0.0845. The van der Waals surface area contributed by atoms with Crippen molar-refractivity contribution in [1.82, 2.24) is 16.2 Å². The highest BCUT2D eigenvalue weighted by atomic mass is 32.1. The summed E-state index contributed by atoms with van der Waals surface area (Å²) in [6.07, 6.45) is 0.476. The first-order valence-corrected chi connectivity index (χ1v) is 14.5. The van der Waals surface area contributed by atoms with Gasteiger partial charge in [0, 0.05) is 10.8 Å². The Bertz CT molecular complexity index is 1410. The SMILES string of the molecule is CC(C)C[C@H](NC(=O)OCc1ccccc1)C(=O)NNC(=O)c1ccc(C(Cc2ccccc2)c2ccccc2)s1.